The number of H-pyrrole nitrogens is 1. The van der Waals surface area contributed by atoms with Crippen LogP contribution in [0.5, 0.6) is 11.5 Å². The number of hydrogen-bond donors (Lipinski definition) is 2. The summed E-state index contributed by atoms with van der Waals surface area (Å²) in [6.45, 7) is 0.422. The molecule has 0 radical (unpaired) electrons. The number of hydrogen-bond acceptors (Lipinski definition) is 6. The molecule has 34 heavy (non-hydrogen) atoms. The maximum atomic E-state index is 13.6. The Kier molecular flexibility index (Phi) is 7.01. The second-order valence-electron chi connectivity index (χ2n) is 7.91. The third kappa shape index (κ3) is 4.54. The van der Waals surface area contributed by atoms with Gasteiger partial charge < -0.3 is 29.4 Å². The minimum atomic E-state index is -0.840. The molecule has 4 rings (SSSR count). The number of para-hydroxylation sites is 1. The van der Waals surface area contributed by atoms with Gasteiger partial charge in [-0.25, -0.2) is 14.6 Å². The van der Waals surface area contributed by atoms with Crippen molar-refractivity contribution < 1.29 is 23.8 Å². The van der Waals surface area contributed by atoms with Gasteiger partial charge in [0.15, 0.2) is 11.5 Å². The fourth-order valence-electron chi connectivity index (χ4n) is 4.36. The van der Waals surface area contributed by atoms with E-state index in [2.05, 4.69) is 15.3 Å². The number of urea groups is 1. The highest BCUT2D eigenvalue weighted by atomic mass is 16.5. The molecule has 1 aliphatic rings. The van der Waals surface area contributed by atoms with Crippen LogP contribution in [-0.2, 0) is 22.4 Å². The van der Waals surface area contributed by atoms with Gasteiger partial charge in [-0.15, -0.1) is 0 Å². The monoisotopic (exact) mass is 464 g/mol. The Morgan fingerprint density at radius 1 is 1.12 bits per heavy atom. The molecule has 2 amide bonds. The third-order valence-electron chi connectivity index (χ3n) is 5.98. The van der Waals surface area contributed by atoms with Crippen molar-refractivity contribution in [1.82, 2.24) is 20.2 Å². The van der Waals surface area contributed by atoms with E-state index in [1.165, 1.54) is 7.11 Å². The highest BCUT2D eigenvalue weighted by Gasteiger charge is 2.37. The normalized spacial score (nSPS) is 15.7. The molecular weight excluding hydrogens is 436 g/mol. The lowest BCUT2D eigenvalue weighted by Gasteiger charge is -2.36. The standard InChI is InChI=1S/C25H28N4O5/c1-32-20-11-7-10-17(23(20)33-2)22-21-18(26-15-27-21)12-13-29(22)25(31)28-19(24(30)34-3)14-16-8-5-4-6-9-16/h4-11,15,19,22H,12-14H2,1-3H3,(H,26,27)(H,28,31)/t19-,22?/m0/s1. The first-order valence-electron chi connectivity index (χ1n) is 11.0. The molecule has 1 aromatic heterocycles. The number of carbonyl (C=O) groups is 2. The lowest BCUT2D eigenvalue weighted by atomic mass is 9.94. The van der Waals surface area contributed by atoms with Crippen LogP contribution in [0.4, 0.5) is 4.79 Å². The van der Waals surface area contributed by atoms with E-state index in [9.17, 15) is 9.59 Å². The van der Waals surface area contributed by atoms with Crippen LogP contribution in [0, 0.1) is 0 Å². The molecular formula is C25H28N4O5. The van der Waals surface area contributed by atoms with Crippen molar-refractivity contribution in [3.63, 3.8) is 0 Å². The predicted octanol–water partition coefficient (Wildman–Crippen LogP) is 2.87. The summed E-state index contributed by atoms with van der Waals surface area (Å²) in [5, 5.41) is 2.88. The summed E-state index contributed by atoms with van der Waals surface area (Å²) in [5.74, 6) is 0.571. The fourth-order valence-corrected chi connectivity index (χ4v) is 4.36. The highest BCUT2D eigenvalue weighted by molar-refractivity contribution is 5.84. The van der Waals surface area contributed by atoms with E-state index < -0.39 is 24.1 Å². The molecule has 0 aliphatic carbocycles. The van der Waals surface area contributed by atoms with Gasteiger partial charge in [0, 0.05) is 30.6 Å². The second kappa shape index (κ2) is 10.3. The van der Waals surface area contributed by atoms with Crippen molar-refractivity contribution in [2.45, 2.75) is 24.9 Å². The number of aromatic amines is 1. The van der Waals surface area contributed by atoms with Crippen molar-refractivity contribution in [2.75, 3.05) is 27.9 Å². The molecule has 0 saturated carbocycles. The van der Waals surface area contributed by atoms with Gasteiger partial charge in [-0.3, -0.25) is 0 Å². The average Bonchev–Trinajstić information content (AvgIpc) is 3.36. The Morgan fingerprint density at radius 2 is 1.91 bits per heavy atom. The van der Waals surface area contributed by atoms with Gasteiger partial charge in [0.05, 0.1) is 33.4 Å². The maximum Gasteiger partial charge on any atom is 0.328 e. The lowest BCUT2D eigenvalue weighted by molar-refractivity contribution is -0.142. The molecule has 2 N–H and O–H groups in total. The summed E-state index contributed by atoms with van der Waals surface area (Å²) in [4.78, 5) is 35.5. The Labute approximate surface area is 198 Å². The third-order valence-corrected chi connectivity index (χ3v) is 5.98. The molecule has 0 spiro atoms. The molecule has 2 atom stereocenters. The van der Waals surface area contributed by atoms with Crippen molar-refractivity contribution in [2.24, 2.45) is 0 Å². The summed E-state index contributed by atoms with van der Waals surface area (Å²) < 4.78 is 16.1. The van der Waals surface area contributed by atoms with E-state index in [4.69, 9.17) is 14.2 Å². The molecule has 9 nitrogen and oxygen atoms in total. The van der Waals surface area contributed by atoms with Gasteiger partial charge >= 0.3 is 12.0 Å². The van der Waals surface area contributed by atoms with E-state index in [1.807, 2.05) is 42.5 Å². The van der Waals surface area contributed by atoms with Crippen LogP contribution in [-0.4, -0.2) is 60.8 Å². The minimum absolute atomic E-state index is 0.313. The predicted molar refractivity (Wildman–Crippen MR) is 125 cm³/mol. The number of methoxy groups -OCH3 is 3. The van der Waals surface area contributed by atoms with Crippen LogP contribution in [0.2, 0.25) is 0 Å². The van der Waals surface area contributed by atoms with Crippen molar-refractivity contribution >= 4 is 12.0 Å². The van der Waals surface area contributed by atoms with Gasteiger partial charge in [0.1, 0.15) is 12.1 Å². The second-order valence-corrected chi connectivity index (χ2v) is 7.91. The van der Waals surface area contributed by atoms with Crippen LogP contribution >= 0.6 is 0 Å². The molecule has 3 aromatic rings. The number of ether oxygens (including phenoxy) is 3. The van der Waals surface area contributed by atoms with Gasteiger partial charge in [-0.05, 0) is 11.6 Å². The number of nitrogens with zero attached hydrogens (tertiary/aromatic N) is 2. The summed E-state index contributed by atoms with van der Waals surface area (Å²) in [6, 6.07) is 13.3. The Morgan fingerprint density at radius 3 is 2.62 bits per heavy atom. The van der Waals surface area contributed by atoms with E-state index in [1.54, 1.807) is 31.5 Å². The van der Waals surface area contributed by atoms with Crippen LogP contribution in [0.25, 0.3) is 0 Å². The van der Waals surface area contributed by atoms with Gasteiger partial charge in [0.25, 0.3) is 0 Å². The molecule has 9 heteroatoms. The zero-order valence-corrected chi connectivity index (χ0v) is 19.4. The summed E-state index contributed by atoms with van der Waals surface area (Å²) in [6.07, 6.45) is 2.54. The molecule has 1 unspecified atom stereocenters. The fraction of sp³-hybridized carbons (Fsp3) is 0.320. The van der Waals surface area contributed by atoms with Crippen LogP contribution < -0.4 is 14.8 Å². The first-order valence-corrected chi connectivity index (χ1v) is 11.0. The molecule has 2 heterocycles. The van der Waals surface area contributed by atoms with E-state index in [-0.39, 0.29) is 0 Å². The van der Waals surface area contributed by atoms with Gasteiger partial charge in [-0.1, -0.05) is 42.5 Å². The maximum absolute atomic E-state index is 13.6. The largest absolute Gasteiger partial charge is 0.493 e. The number of imidazole rings is 1. The zero-order valence-electron chi connectivity index (χ0n) is 19.4. The van der Waals surface area contributed by atoms with Crippen LogP contribution in [0.3, 0.4) is 0 Å². The number of fused-ring (bicyclic) bond motifs is 1. The smallest absolute Gasteiger partial charge is 0.328 e. The van der Waals surface area contributed by atoms with E-state index in [0.717, 1.165) is 22.5 Å². The Bertz CT molecular complexity index is 1150. The van der Waals surface area contributed by atoms with Crippen molar-refractivity contribution in [3.8, 4) is 11.5 Å². The number of benzene rings is 2. The number of nitrogens with one attached hydrogen (secondary N) is 2. The molecule has 178 valence electrons. The number of amides is 2. The molecule has 2 aromatic carbocycles. The first kappa shape index (κ1) is 23.2. The average molecular weight is 465 g/mol. The first-order chi connectivity index (χ1) is 16.6. The van der Waals surface area contributed by atoms with Crippen LogP contribution in [0.1, 0.15) is 28.6 Å². The van der Waals surface area contributed by atoms with Gasteiger partial charge in [0.2, 0.25) is 0 Å². The van der Waals surface area contributed by atoms with E-state index in [0.29, 0.717) is 30.9 Å². The molecule has 0 bridgehead atoms. The molecule has 1 aliphatic heterocycles. The summed E-state index contributed by atoms with van der Waals surface area (Å²) >= 11 is 0. The Balaban J connectivity index is 1.68. The number of aromatic nitrogens is 2. The summed E-state index contributed by atoms with van der Waals surface area (Å²) in [7, 11) is 4.44. The zero-order chi connectivity index (χ0) is 24.1. The quantitative estimate of drug-likeness (QED) is 0.521. The Hall–Kier alpha value is -4.01. The number of rotatable bonds is 7. The lowest BCUT2D eigenvalue weighted by Crippen LogP contribution is -2.52. The summed E-state index contributed by atoms with van der Waals surface area (Å²) in [5.41, 5.74) is 3.33. The minimum Gasteiger partial charge on any atom is -0.493 e. The van der Waals surface area contributed by atoms with Crippen molar-refractivity contribution in [1.29, 1.82) is 0 Å². The molecule has 0 fully saturated rings. The molecule has 0 saturated heterocycles. The highest BCUT2D eigenvalue weighted by Crippen LogP contribution is 2.42. The number of esters is 1. The van der Waals surface area contributed by atoms with E-state index >= 15 is 0 Å². The topological polar surface area (TPSA) is 106 Å². The number of carbonyl (C=O) groups excluding carboxylic acids is 2. The van der Waals surface area contributed by atoms with Gasteiger partial charge in [-0.2, -0.15) is 0 Å². The van der Waals surface area contributed by atoms with Crippen LogP contribution in [0.15, 0.2) is 54.9 Å². The SMILES string of the molecule is COC(=O)[C@H](Cc1ccccc1)NC(=O)N1CCc2[nH]cnc2C1c1cccc(OC)c1OC. The van der Waals surface area contributed by atoms with Crippen molar-refractivity contribution in [3.05, 3.63) is 77.4 Å².